The van der Waals surface area contributed by atoms with Crippen LogP contribution in [0.4, 0.5) is 0 Å². The van der Waals surface area contributed by atoms with E-state index in [1.165, 1.54) is 9.40 Å². The fourth-order valence-electron chi connectivity index (χ4n) is 14.4. The zero-order valence-corrected chi connectivity index (χ0v) is 60.7. The van der Waals surface area contributed by atoms with Crippen LogP contribution < -0.4 is 0 Å². The quantitative estimate of drug-likeness (QED) is 0.104. The average Bonchev–Trinajstić information content (AvgIpc) is 1.57. The molecule has 0 saturated heterocycles. The number of rotatable bonds is 14. The van der Waals surface area contributed by atoms with E-state index in [-0.39, 0.29) is 0 Å². The van der Waals surface area contributed by atoms with Gasteiger partial charge in [0, 0.05) is 140 Å². The molecule has 0 aliphatic rings. The Morgan fingerprint density at radius 2 is 0.582 bits per heavy atom. The average molecular weight is 1440 g/mol. The lowest BCUT2D eigenvalue weighted by Crippen LogP contribution is -1.96. The molecule has 0 bridgehead atoms. The third-order valence-corrected chi connectivity index (χ3v) is 22.2. The largest absolute Gasteiger partial charge is 0.264 e. The summed E-state index contributed by atoms with van der Waals surface area (Å²) in [7, 11) is 0. The molecule has 0 fully saturated rings. The molecule has 0 amide bonds. The van der Waals surface area contributed by atoms with Crippen LogP contribution in [0.15, 0.2) is 377 Å². The van der Waals surface area contributed by atoms with Gasteiger partial charge in [-0.15, -0.1) is 22.7 Å². The van der Waals surface area contributed by atoms with Gasteiger partial charge in [-0.1, -0.05) is 273 Å². The Bertz CT molecular complexity index is 6580. The van der Waals surface area contributed by atoms with Crippen LogP contribution in [0.2, 0.25) is 0 Å². The van der Waals surface area contributed by atoms with Crippen LogP contribution in [0.3, 0.4) is 0 Å². The molecule has 10 aromatic heterocycles. The zero-order valence-electron chi connectivity index (χ0n) is 59.1. The number of pyridine rings is 6. The smallest absolute Gasteiger partial charge is 0.160 e. The minimum Gasteiger partial charge on any atom is -0.264 e. The monoisotopic (exact) mass is 1440 g/mol. The predicted molar refractivity (Wildman–Crippen MR) is 453 cm³/mol. The van der Waals surface area contributed by atoms with Crippen molar-refractivity contribution in [3.05, 3.63) is 377 Å². The van der Waals surface area contributed by atoms with Gasteiger partial charge in [0.2, 0.25) is 0 Å². The third-order valence-electron chi connectivity index (χ3n) is 19.7. The van der Waals surface area contributed by atoms with Crippen molar-refractivity contribution in [3.8, 4) is 156 Å². The van der Waals surface area contributed by atoms with Crippen molar-refractivity contribution in [2.75, 3.05) is 0 Å². The van der Waals surface area contributed by atoms with E-state index in [0.29, 0.717) is 11.6 Å². The molecule has 10 aromatic carbocycles. The Kier molecular flexibility index (Phi) is 17.8. The van der Waals surface area contributed by atoms with Crippen LogP contribution in [-0.2, 0) is 0 Å². The highest BCUT2D eigenvalue weighted by Crippen LogP contribution is 2.52. The number of benzene rings is 10. The Balaban J connectivity index is 0.000000149. The highest BCUT2D eigenvalue weighted by molar-refractivity contribution is 7.24. The number of aromatic nitrogens is 10. The lowest BCUT2D eigenvalue weighted by molar-refractivity contribution is 1.18. The number of fused-ring (bicyclic) bond motifs is 6. The van der Waals surface area contributed by atoms with Gasteiger partial charge in [-0.05, 0) is 89.0 Å². The van der Waals surface area contributed by atoms with Crippen molar-refractivity contribution in [2.45, 2.75) is 0 Å². The molecule has 0 saturated carbocycles. The van der Waals surface area contributed by atoms with Gasteiger partial charge in [-0.2, -0.15) is 0 Å². The summed E-state index contributed by atoms with van der Waals surface area (Å²) in [6.45, 7) is 0. The van der Waals surface area contributed by atoms with Gasteiger partial charge in [0.1, 0.15) is 0 Å². The molecular weight excluding hydrogens is 1380 g/mol. The first-order chi connectivity index (χ1) is 54.5. The third kappa shape index (κ3) is 13.1. The summed E-state index contributed by atoms with van der Waals surface area (Å²) in [6, 6.07) is 117. The molecule has 0 aliphatic heterocycles. The van der Waals surface area contributed by atoms with Crippen LogP contribution in [-0.4, -0.2) is 49.8 Å². The summed E-state index contributed by atoms with van der Waals surface area (Å²) >= 11 is 3.55. The lowest BCUT2D eigenvalue weighted by atomic mass is 9.95. The molecule has 110 heavy (non-hydrogen) atoms. The van der Waals surface area contributed by atoms with Gasteiger partial charge in [-0.3, -0.25) is 19.9 Å². The van der Waals surface area contributed by atoms with E-state index in [4.69, 9.17) is 39.9 Å². The molecular formula is C98H62N10S2. The second-order valence-electron chi connectivity index (χ2n) is 26.6. The van der Waals surface area contributed by atoms with E-state index in [1.807, 2.05) is 146 Å². The van der Waals surface area contributed by atoms with Gasteiger partial charge in [0.15, 0.2) is 11.6 Å². The summed E-state index contributed by atoms with van der Waals surface area (Å²) in [4.78, 5) is 51.5. The van der Waals surface area contributed by atoms with Gasteiger partial charge < -0.3 is 0 Å². The molecule has 0 aliphatic carbocycles. The van der Waals surface area contributed by atoms with E-state index in [0.717, 1.165) is 177 Å². The highest BCUT2D eigenvalue weighted by atomic mass is 32.1. The standard InChI is InChI=1S/2C49H31N5S/c1-3-12-33(13-4-1)42-29-43(54-49(53-42)35-14-5-2-6-15-35)37-17-9-16-36(28-37)32-22-24-34(25-23-32)46-45-44(38-18-10-26-50-30-38)47(39-19-11-27-51-31-39)55-48(45)40-20-7-8-21-41(40)52-46;1-3-13-34(14-4-1)42-31-43(54-49(53-42)37-15-5-2-6-16-37)35-25-21-32(22-26-35)33-23-27-36(28-24-33)46-45-44(40-19-9-11-29-50-40)48(41-20-10-12-30-51-41)55-47(45)38-17-7-8-18-39(38)52-46/h2*1-31H. The maximum absolute atomic E-state index is 5.35. The van der Waals surface area contributed by atoms with Crippen molar-refractivity contribution in [2.24, 2.45) is 0 Å². The van der Waals surface area contributed by atoms with E-state index in [2.05, 4.69) is 240 Å². The molecule has 0 radical (unpaired) electrons. The van der Waals surface area contributed by atoms with Crippen LogP contribution in [0, 0.1) is 0 Å². The Hall–Kier alpha value is -14.3. The maximum Gasteiger partial charge on any atom is 0.160 e. The summed E-state index contributed by atoms with van der Waals surface area (Å²) in [5, 5.41) is 4.47. The van der Waals surface area contributed by atoms with Gasteiger partial charge in [-0.25, -0.2) is 29.9 Å². The SMILES string of the molecule is c1ccc(-c2cc(-c3ccc(-c4ccc(-c5nc6ccccc6c6sc(-c7ccccn7)c(-c7ccccn7)c56)cc4)cc3)nc(-c3ccccc3)n2)cc1.c1ccc(-c2cc(-c3cccc(-c4ccc(-c5nc6ccccc6c6sc(-c7cccnc7)c(-c7cccnc7)c56)cc4)c3)nc(-c3ccccc3)n2)cc1. The minimum atomic E-state index is 0.701. The summed E-state index contributed by atoms with van der Waals surface area (Å²) < 4.78 is 2.38. The van der Waals surface area contributed by atoms with E-state index >= 15 is 0 Å². The van der Waals surface area contributed by atoms with Crippen molar-refractivity contribution < 1.29 is 0 Å². The van der Waals surface area contributed by atoms with Crippen molar-refractivity contribution >= 4 is 64.7 Å². The first-order valence-corrected chi connectivity index (χ1v) is 37.9. The second kappa shape index (κ2) is 29.6. The predicted octanol–water partition coefficient (Wildman–Crippen LogP) is 25.4. The van der Waals surface area contributed by atoms with Crippen LogP contribution >= 0.6 is 22.7 Å². The molecule has 12 heteroatoms. The number of hydrogen-bond acceptors (Lipinski definition) is 12. The van der Waals surface area contributed by atoms with E-state index in [1.54, 1.807) is 22.7 Å². The molecule has 10 heterocycles. The first kappa shape index (κ1) is 66.4. The highest BCUT2D eigenvalue weighted by Gasteiger charge is 2.26. The van der Waals surface area contributed by atoms with E-state index < -0.39 is 0 Å². The Morgan fingerprint density at radius 1 is 0.209 bits per heavy atom. The Morgan fingerprint density at radius 3 is 1.06 bits per heavy atom. The van der Waals surface area contributed by atoms with Crippen molar-refractivity contribution in [3.63, 3.8) is 0 Å². The number of hydrogen-bond donors (Lipinski definition) is 0. The fourth-order valence-corrected chi connectivity index (χ4v) is 17.0. The second-order valence-corrected chi connectivity index (χ2v) is 28.6. The van der Waals surface area contributed by atoms with Gasteiger partial charge >= 0.3 is 0 Å². The fraction of sp³-hybridized carbons (Fsp3) is 0. The number of para-hydroxylation sites is 2. The zero-order chi connectivity index (χ0) is 73.1. The molecule has 0 N–H and O–H groups in total. The van der Waals surface area contributed by atoms with Gasteiger partial charge in [0.25, 0.3) is 0 Å². The normalized spacial score (nSPS) is 11.3. The molecule has 10 nitrogen and oxygen atoms in total. The lowest BCUT2D eigenvalue weighted by Gasteiger charge is -2.12. The number of thiophene rings is 2. The Labute approximate surface area is 642 Å². The van der Waals surface area contributed by atoms with Gasteiger partial charge in [0.05, 0.1) is 61.5 Å². The van der Waals surface area contributed by atoms with Crippen molar-refractivity contribution in [1.82, 2.24) is 49.8 Å². The molecule has 516 valence electrons. The maximum atomic E-state index is 5.35. The topological polar surface area (TPSA) is 129 Å². The summed E-state index contributed by atoms with van der Waals surface area (Å²) in [5.41, 5.74) is 26.1. The molecule has 0 unspecified atom stereocenters. The van der Waals surface area contributed by atoms with Crippen LogP contribution in [0.25, 0.3) is 198 Å². The van der Waals surface area contributed by atoms with E-state index in [9.17, 15) is 0 Å². The van der Waals surface area contributed by atoms with Crippen LogP contribution in [0.1, 0.15) is 0 Å². The molecule has 20 aromatic rings. The molecule has 0 spiro atoms. The molecule has 20 rings (SSSR count). The minimum absolute atomic E-state index is 0.701. The molecule has 0 atom stereocenters. The number of nitrogens with zero attached hydrogens (tertiary/aromatic N) is 10. The van der Waals surface area contributed by atoms with Crippen LogP contribution in [0.5, 0.6) is 0 Å². The first-order valence-electron chi connectivity index (χ1n) is 36.3. The summed E-state index contributed by atoms with van der Waals surface area (Å²) in [5.74, 6) is 1.41. The van der Waals surface area contributed by atoms with Crippen molar-refractivity contribution in [1.29, 1.82) is 0 Å². The summed E-state index contributed by atoms with van der Waals surface area (Å²) in [6.07, 6.45) is 11.2.